The van der Waals surface area contributed by atoms with Gasteiger partial charge in [-0.05, 0) is 75.7 Å². The summed E-state index contributed by atoms with van der Waals surface area (Å²) in [5.41, 5.74) is 4.30. The highest BCUT2D eigenvalue weighted by molar-refractivity contribution is 5.93. The van der Waals surface area contributed by atoms with Gasteiger partial charge in [0.2, 0.25) is 0 Å². The SMILES string of the molecule is Cc1nn(C)cc1CN1CCC(C(Cc2ccccc2)N(C(=O)c2ccccn2)C2CC2)CC1. The molecular formula is C28H35N5O. The van der Waals surface area contributed by atoms with Crippen molar-refractivity contribution in [2.45, 2.75) is 57.7 Å². The van der Waals surface area contributed by atoms with E-state index in [1.54, 1.807) is 6.20 Å². The Labute approximate surface area is 202 Å². The molecule has 1 saturated heterocycles. The molecule has 6 heteroatoms. The summed E-state index contributed by atoms with van der Waals surface area (Å²) < 4.78 is 1.91. The highest BCUT2D eigenvalue weighted by Gasteiger charge is 2.42. The molecule has 1 amide bonds. The number of aromatic nitrogens is 3. The maximum Gasteiger partial charge on any atom is 0.272 e. The number of hydrogen-bond acceptors (Lipinski definition) is 4. The monoisotopic (exact) mass is 457 g/mol. The molecule has 6 nitrogen and oxygen atoms in total. The molecule has 2 aliphatic rings. The molecule has 1 aromatic carbocycles. The lowest BCUT2D eigenvalue weighted by Crippen LogP contribution is -2.50. The van der Waals surface area contributed by atoms with E-state index in [0.717, 1.165) is 57.4 Å². The number of nitrogens with zero attached hydrogens (tertiary/aromatic N) is 5. The highest BCUT2D eigenvalue weighted by atomic mass is 16.2. The second-order valence-electron chi connectivity index (χ2n) is 9.94. The van der Waals surface area contributed by atoms with E-state index < -0.39 is 0 Å². The van der Waals surface area contributed by atoms with Gasteiger partial charge < -0.3 is 4.90 Å². The van der Waals surface area contributed by atoms with Gasteiger partial charge in [-0.2, -0.15) is 5.10 Å². The first kappa shape index (κ1) is 22.8. The minimum Gasteiger partial charge on any atom is -0.331 e. The molecule has 0 N–H and O–H groups in total. The Kier molecular flexibility index (Phi) is 6.77. The number of hydrogen-bond donors (Lipinski definition) is 0. The van der Waals surface area contributed by atoms with Crippen LogP contribution in [0, 0.1) is 12.8 Å². The normalized spacial score (nSPS) is 18.1. The van der Waals surface area contributed by atoms with Crippen LogP contribution in [0.3, 0.4) is 0 Å². The molecule has 2 fully saturated rings. The molecule has 0 spiro atoms. The standard InChI is InChI=1S/C28H35N5O/c1-21-24(19-31(2)30-21)20-32-16-13-23(14-17-32)27(18-22-8-4-3-5-9-22)33(25-11-12-25)28(34)26-10-6-7-15-29-26/h3-10,15,19,23,25,27H,11-14,16-18,20H2,1-2H3. The molecule has 3 heterocycles. The molecule has 5 rings (SSSR count). The lowest BCUT2D eigenvalue weighted by Gasteiger charge is -2.41. The summed E-state index contributed by atoms with van der Waals surface area (Å²) in [6, 6.07) is 16.9. The van der Waals surface area contributed by atoms with E-state index in [9.17, 15) is 4.79 Å². The molecule has 34 heavy (non-hydrogen) atoms. The number of carbonyl (C=O) groups is 1. The number of benzene rings is 1. The number of likely N-dealkylation sites (tertiary alicyclic amines) is 1. The number of rotatable bonds is 8. The first-order chi connectivity index (χ1) is 16.6. The van der Waals surface area contributed by atoms with Crippen molar-refractivity contribution < 1.29 is 4.79 Å². The van der Waals surface area contributed by atoms with Crippen LogP contribution in [0.2, 0.25) is 0 Å². The number of carbonyl (C=O) groups excluding carboxylic acids is 1. The van der Waals surface area contributed by atoms with E-state index in [0.29, 0.717) is 17.7 Å². The topological polar surface area (TPSA) is 54.3 Å². The summed E-state index contributed by atoms with van der Waals surface area (Å²) in [6.45, 7) is 5.16. The van der Waals surface area contributed by atoms with E-state index >= 15 is 0 Å². The molecule has 0 radical (unpaired) electrons. The summed E-state index contributed by atoms with van der Waals surface area (Å²) in [6.07, 6.45) is 9.18. The Morgan fingerprint density at radius 3 is 2.41 bits per heavy atom. The second-order valence-corrected chi connectivity index (χ2v) is 9.94. The molecule has 1 aliphatic heterocycles. The molecule has 1 unspecified atom stereocenters. The molecule has 1 atom stereocenters. The second kappa shape index (κ2) is 10.1. The summed E-state index contributed by atoms with van der Waals surface area (Å²) in [4.78, 5) is 22.8. The van der Waals surface area contributed by atoms with E-state index in [-0.39, 0.29) is 11.9 Å². The van der Waals surface area contributed by atoms with E-state index in [1.165, 1.54) is 11.1 Å². The quantitative estimate of drug-likeness (QED) is 0.507. The van der Waals surface area contributed by atoms with Crippen molar-refractivity contribution in [2.75, 3.05) is 13.1 Å². The zero-order chi connectivity index (χ0) is 23.5. The van der Waals surface area contributed by atoms with E-state index in [4.69, 9.17) is 0 Å². The number of aryl methyl sites for hydroxylation is 2. The van der Waals surface area contributed by atoms with Gasteiger partial charge in [-0.25, -0.2) is 0 Å². The van der Waals surface area contributed by atoms with Crippen LogP contribution >= 0.6 is 0 Å². The molecule has 3 aromatic rings. The van der Waals surface area contributed by atoms with Crippen molar-refractivity contribution in [1.29, 1.82) is 0 Å². The van der Waals surface area contributed by atoms with Crippen LogP contribution in [-0.2, 0) is 20.0 Å². The maximum atomic E-state index is 13.7. The van der Waals surface area contributed by atoms with Gasteiger partial charge in [0, 0.05) is 43.6 Å². The summed E-state index contributed by atoms with van der Waals surface area (Å²) in [5.74, 6) is 0.581. The van der Waals surface area contributed by atoms with Gasteiger partial charge in [-0.3, -0.25) is 19.4 Å². The molecule has 2 aromatic heterocycles. The van der Waals surface area contributed by atoms with Gasteiger partial charge in [0.05, 0.1) is 5.69 Å². The predicted molar refractivity (Wildman–Crippen MR) is 133 cm³/mol. The Bertz CT molecular complexity index is 1080. The Hall–Kier alpha value is -2.99. The molecule has 1 aliphatic carbocycles. The number of piperidine rings is 1. The van der Waals surface area contributed by atoms with Crippen LogP contribution in [0.5, 0.6) is 0 Å². The molecular weight excluding hydrogens is 422 g/mol. The summed E-state index contributed by atoms with van der Waals surface area (Å²) in [5, 5.41) is 4.50. The van der Waals surface area contributed by atoms with Gasteiger partial charge in [0.1, 0.15) is 5.69 Å². The van der Waals surface area contributed by atoms with Crippen molar-refractivity contribution in [3.63, 3.8) is 0 Å². The van der Waals surface area contributed by atoms with Gasteiger partial charge >= 0.3 is 0 Å². The first-order valence-corrected chi connectivity index (χ1v) is 12.6. The Morgan fingerprint density at radius 1 is 1.06 bits per heavy atom. The third-order valence-corrected chi connectivity index (χ3v) is 7.39. The van der Waals surface area contributed by atoms with Crippen molar-refractivity contribution >= 4 is 5.91 Å². The van der Waals surface area contributed by atoms with Crippen LogP contribution < -0.4 is 0 Å². The minimum atomic E-state index is 0.0949. The Morgan fingerprint density at radius 2 is 1.79 bits per heavy atom. The van der Waals surface area contributed by atoms with Crippen molar-refractivity contribution in [3.05, 3.63) is 83.4 Å². The smallest absolute Gasteiger partial charge is 0.272 e. The van der Waals surface area contributed by atoms with Crippen molar-refractivity contribution in [2.24, 2.45) is 13.0 Å². The summed E-state index contributed by atoms with van der Waals surface area (Å²) in [7, 11) is 1.99. The average Bonchev–Trinajstić information content (AvgIpc) is 3.64. The van der Waals surface area contributed by atoms with Gasteiger partial charge in [0.15, 0.2) is 0 Å². The van der Waals surface area contributed by atoms with Gasteiger partial charge in [0.25, 0.3) is 5.91 Å². The fourth-order valence-electron chi connectivity index (χ4n) is 5.45. The maximum absolute atomic E-state index is 13.7. The van der Waals surface area contributed by atoms with Crippen molar-refractivity contribution in [3.8, 4) is 0 Å². The van der Waals surface area contributed by atoms with Crippen molar-refractivity contribution in [1.82, 2.24) is 24.6 Å². The number of amides is 1. The molecule has 0 bridgehead atoms. The average molecular weight is 458 g/mol. The largest absolute Gasteiger partial charge is 0.331 e. The number of pyridine rings is 1. The van der Waals surface area contributed by atoms with E-state index in [2.05, 4.69) is 63.3 Å². The predicted octanol–water partition coefficient (Wildman–Crippen LogP) is 4.25. The minimum absolute atomic E-state index is 0.0949. The molecule has 1 saturated carbocycles. The summed E-state index contributed by atoms with van der Waals surface area (Å²) >= 11 is 0. The van der Waals surface area contributed by atoms with Gasteiger partial charge in [-0.1, -0.05) is 36.4 Å². The third-order valence-electron chi connectivity index (χ3n) is 7.39. The van der Waals surface area contributed by atoms with Crippen LogP contribution in [0.15, 0.2) is 60.9 Å². The highest BCUT2D eigenvalue weighted by Crippen LogP contribution is 2.36. The van der Waals surface area contributed by atoms with E-state index in [1.807, 2.05) is 29.9 Å². The van der Waals surface area contributed by atoms with Crippen LogP contribution in [-0.4, -0.2) is 55.6 Å². The van der Waals surface area contributed by atoms with Crippen LogP contribution in [0.1, 0.15) is 53.0 Å². The Balaban J connectivity index is 1.34. The zero-order valence-electron chi connectivity index (χ0n) is 20.3. The van der Waals surface area contributed by atoms with Gasteiger partial charge in [-0.15, -0.1) is 0 Å². The fraction of sp³-hybridized carbons (Fsp3) is 0.464. The lowest BCUT2D eigenvalue weighted by molar-refractivity contribution is 0.0477. The zero-order valence-corrected chi connectivity index (χ0v) is 20.3. The fourth-order valence-corrected chi connectivity index (χ4v) is 5.45. The first-order valence-electron chi connectivity index (χ1n) is 12.6. The molecule has 178 valence electrons. The lowest BCUT2D eigenvalue weighted by atomic mass is 9.84. The third kappa shape index (κ3) is 5.22. The van der Waals surface area contributed by atoms with Crippen LogP contribution in [0.25, 0.3) is 0 Å². The van der Waals surface area contributed by atoms with Crippen LogP contribution in [0.4, 0.5) is 0 Å².